The molecule has 2 saturated carbocycles. The molecule has 14 heavy (non-hydrogen) atoms. The van der Waals surface area contributed by atoms with Gasteiger partial charge in [-0.3, -0.25) is 4.79 Å². The molecule has 0 bridgehead atoms. The van der Waals surface area contributed by atoms with Crippen molar-refractivity contribution in [3.05, 3.63) is 0 Å². The fraction of sp³-hybridized carbons (Fsp3) is 0.923. The highest BCUT2D eigenvalue weighted by molar-refractivity contribution is 5.81. The number of rotatable bonds is 3. The van der Waals surface area contributed by atoms with E-state index in [2.05, 4.69) is 6.92 Å². The number of Topliss-reactive ketones (excluding diaryl/α,β-unsaturated/α-hetero) is 1. The molecule has 0 N–H and O–H groups in total. The molecule has 0 amide bonds. The quantitative estimate of drug-likeness (QED) is 0.672. The third-order valence-electron chi connectivity index (χ3n) is 4.43. The highest BCUT2D eigenvalue weighted by atomic mass is 16.1. The molecule has 2 aliphatic carbocycles. The molecule has 0 heterocycles. The minimum Gasteiger partial charge on any atom is -0.300 e. The summed E-state index contributed by atoms with van der Waals surface area (Å²) in [6.07, 6.45) is 8.31. The van der Waals surface area contributed by atoms with Crippen molar-refractivity contribution in [3.8, 4) is 0 Å². The monoisotopic (exact) mass is 194 g/mol. The smallest absolute Gasteiger partial charge is 0.133 e. The van der Waals surface area contributed by atoms with Gasteiger partial charge in [-0.25, -0.2) is 0 Å². The molecule has 1 nitrogen and oxygen atoms in total. The van der Waals surface area contributed by atoms with E-state index in [0.717, 1.165) is 17.8 Å². The van der Waals surface area contributed by atoms with E-state index in [0.29, 0.717) is 11.7 Å². The second kappa shape index (κ2) is 4.04. The van der Waals surface area contributed by atoms with Crippen molar-refractivity contribution in [2.45, 2.75) is 52.4 Å². The summed E-state index contributed by atoms with van der Waals surface area (Å²) < 4.78 is 0. The number of hydrogen-bond donors (Lipinski definition) is 0. The molecule has 2 rings (SSSR count). The summed E-state index contributed by atoms with van der Waals surface area (Å²) in [5, 5.41) is 0. The van der Waals surface area contributed by atoms with Crippen molar-refractivity contribution in [1.82, 2.24) is 0 Å². The van der Waals surface area contributed by atoms with Gasteiger partial charge >= 0.3 is 0 Å². The van der Waals surface area contributed by atoms with Crippen molar-refractivity contribution in [1.29, 1.82) is 0 Å². The van der Waals surface area contributed by atoms with Crippen molar-refractivity contribution >= 4 is 5.78 Å². The molecule has 1 heteroatoms. The molecule has 3 unspecified atom stereocenters. The lowest BCUT2D eigenvalue weighted by molar-refractivity contribution is -0.118. The van der Waals surface area contributed by atoms with E-state index < -0.39 is 0 Å². The number of carbonyl (C=O) groups is 1. The topological polar surface area (TPSA) is 17.1 Å². The number of hydrogen-bond acceptors (Lipinski definition) is 1. The molecular weight excluding hydrogens is 172 g/mol. The minimum atomic E-state index is 0.428. The molecule has 80 valence electrons. The van der Waals surface area contributed by atoms with Crippen LogP contribution in [0.25, 0.3) is 0 Å². The first-order chi connectivity index (χ1) is 6.70. The Morgan fingerprint density at radius 3 is 2.36 bits per heavy atom. The standard InChI is InChI=1S/C13H22O/c1-9(11-6-4-3-5-7-11)12-8-13(12)10(2)14/h9,11-13H,3-8H2,1-2H3. The highest BCUT2D eigenvalue weighted by Gasteiger charge is 2.45. The first-order valence-electron chi connectivity index (χ1n) is 6.20. The van der Waals surface area contributed by atoms with Crippen LogP contribution in [0.4, 0.5) is 0 Å². The Morgan fingerprint density at radius 2 is 1.86 bits per heavy atom. The summed E-state index contributed by atoms with van der Waals surface area (Å²) in [4.78, 5) is 11.2. The maximum atomic E-state index is 11.2. The van der Waals surface area contributed by atoms with Gasteiger partial charge in [0.15, 0.2) is 0 Å². The van der Waals surface area contributed by atoms with E-state index in [4.69, 9.17) is 0 Å². The van der Waals surface area contributed by atoms with E-state index in [1.807, 2.05) is 0 Å². The Balaban J connectivity index is 1.83. The van der Waals surface area contributed by atoms with Crippen molar-refractivity contribution < 1.29 is 4.79 Å². The van der Waals surface area contributed by atoms with Gasteiger partial charge in [-0.2, -0.15) is 0 Å². The van der Waals surface area contributed by atoms with E-state index in [-0.39, 0.29) is 0 Å². The zero-order valence-electron chi connectivity index (χ0n) is 9.46. The van der Waals surface area contributed by atoms with Crippen LogP contribution in [-0.2, 0) is 4.79 Å². The van der Waals surface area contributed by atoms with Crippen LogP contribution < -0.4 is 0 Å². The summed E-state index contributed by atoms with van der Waals surface area (Å²) >= 11 is 0. The van der Waals surface area contributed by atoms with Crippen LogP contribution in [0, 0.1) is 23.7 Å². The Kier molecular flexibility index (Phi) is 2.94. The SMILES string of the molecule is CC(=O)C1CC1C(C)C1CCCCC1. The summed E-state index contributed by atoms with van der Waals surface area (Å²) in [5.74, 6) is 3.35. The van der Waals surface area contributed by atoms with Crippen LogP contribution in [0.1, 0.15) is 52.4 Å². The van der Waals surface area contributed by atoms with Gasteiger partial charge in [-0.1, -0.05) is 39.0 Å². The van der Waals surface area contributed by atoms with Crippen molar-refractivity contribution in [2.75, 3.05) is 0 Å². The summed E-state index contributed by atoms with van der Waals surface area (Å²) in [5.41, 5.74) is 0. The Morgan fingerprint density at radius 1 is 1.21 bits per heavy atom. The lowest BCUT2D eigenvalue weighted by Gasteiger charge is -2.27. The Labute approximate surface area is 87.3 Å². The van der Waals surface area contributed by atoms with E-state index in [9.17, 15) is 4.79 Å². The van der Waals surface area contributed by atoms with Crippen molar-refractivity contribution in [2.24, 2.45) is 23.7 Å². The molecule has 0 radical (unpaired) electrons. The van der Waals surface area contributed by atoms with Crippen LogP contribution in [0.3, 0.4) is 0 Å². The molecular formula is C13H22O. The van der Waals surface area contributed by atoms with Gasteiger partial charge < -0.3 is 0 Å². The first kappa shape index (κ1) is 10.2. The van der Waals surface area contributed by atoms with E-state index in [1.165, 1.54) is 38.5 Å². The molecule has 0 aliphatic heterocycles. The second-order valence-electron chi connectivity index (χ2n) is 5.37. The molecule has 0 aromatic rings. The number of carbonyl (C=O) groups excluding carboxylic acids is 1. The molecule has 0 aromatic heterocycles. The zero-order valence-corrected chi connectivity index (χ0v) is 9.46. The van der Waals surface area contributed by atoms with Gasteiger partial charge in [-0.15, -0.1) is 0 Å². The predicted octanol–water partition coefficient (Wildman–Crippen LogP) is 3.43. The first-order valence-corrected chi connectivity index (χ1v) is 6.20. The van der Waals surface area contributed by atoms with Crippen LogP contribution in [0.5, 0.6) is 0 Å². The van der Waals surface area contributed by atoms with E-state index >= 15 is 0 Å². The fourth-order valence-corrected chi connectivity index (χ4v) is 3.27. The van der Waals surface area contributed by atoms with Gasteiger partial charge in [0.1, 0.15) is 5.78 Å². The number of ketones is 1. The molecule has 0 spiro atoms. The average Bonchev–Trinajstić information content (AvgIpc) is 2.97. The Bertz CT molecular complexity index is 215. The molecule has 0 aromatic carbocycles. The highest BCUT2D eigenvalue weighted by Crippen LogP contribution is 2.49. The molecule has 0 saturated heterocycles. The van der Waals surface area contributed by atoms with E-state index in [1.54, 1.807) is 6.92 Å². The minimum absolute atomic E-state index is 0.428. The average molecular weight is 194 g/mol. The van der Waals surface area contributed by atoms with Gasteiger partial charge in [0.25, 0.3) is 0 Å². The van der Waals surface area contributed by atoms with Crippen LogP contribution in [0.15, 0.2) is 0 Å². The van der Waals surface area contributed by atoms with Crippen LogP contribution >= 0.6 is 0 Å². The maximum Gasteiger partial charge on any atom is 0.133 e. The van der Waals surface area contributed by atoms with Gasteiger partial charge in [0.05, 0.1) is 0 Å². The van der Waals surface area contributed by atoms with Gasteiger partial charge in [0, 0.05) is 5.92 Å². The van der Waals surface area contributed by atoms with Crippen molar-refractivity contribution in [3.63, 3.8) is 0 Å². The third kappa shape index (κ3) is 2.02. The third-order valence-corrected chi connectivity index (χ3v) is 4.43. The Hall–Kier alpha value is -0.330. The predicted molar refractivity (Wildman–Crippen MR) is 58.0 cm³/mol. The lowest BCUT2D eigenvalue weighted by atomic mass is 9.78. The van der Waals surface area contributed by atoms with Crippen LogP contribution in [-0.4, -0.2) is 5.78 Å². The molecule has 2 aliphatic rings. The summed E-state index contributed by atoms with van der Waals surface area (Å²) in [6.45, 7) is 4.14. The van der Waals surface area contributed by atoms with Crippen LogP contribution in [0.2, 0.25) is 0 Å². The van der Waals surface area contributed by atoms with Gasteiger partial charge in [0.2, 0.25) is 0 Å². The molecule has 2 fully saturated rings. The normalized spacial score (nSPS) is 35.3. The maximum absolute atomic E-state index is 11.2. The van der Waals surface area contributed by atoms with Gasteiger partial charge in [-0.05, 0) is 31.1 Å². The largest absolute Gasteiger partial charge is 0.300 e. The summed E-state index contributed by atoms with van der Waals surface area (Å²) in [6, 6.07) is 0. The second-order valence-corrected chi connectivity index (χ2v) is 5.37. The zero-order chi connectivity index (χ0) is 10.1. The summed E-state index contributed by atoms with van der Waals surface area (Å²) in [7, 11) is 0. The lowest BCUT2D eigenvalue weighted by Crippen LogP contribution is -2.18. The fourth-order valence-electron chi connectivity index (χ4n) is 3.27. The molecule has 3 atom stereocenters.